The Kier molecular flexibility index (Phi) is 6.10. The van der Waals surface area contributed by atoms with E-state index in [4.69, 9.17) is 4.74 Å². The Labute approximate surface area is 219 Å². The van der Waals surface area contributed by atoms with Crippen LogP contribution in [0.5, 0.6) is 0 Å². The fourth-order valence-corrected chi connectivity index (χ4v) is 5.81. The Bertz CT molecular complexity index is 1220. The van der Waals surface area contributed by atoms with Gasteiger partial charge in [0.05, 0.1) is 0 Å². The predicted octanol–water partition coefficient (Wildman–Crippen LogP) is 6.40. The molecule has 6 rings (SSSR count). The summed E-state index contributed by atoms with van der Waals surface area (Å²) in [5.41, 5.74) is 8.57. The van der Waals surface area contributed by atoms with Crippen LogP contribution in [-0.4, -0.2) is 45.6 Å². The van der Waals surface area contributed by atoms with E-state index in [0.717, 1.165) is 37.7 Å². The maximum Gasteiger partial charge on any atom is 0.429 e. The van der Waals surface area contributed by atoms with Crippen LogP contribution in [0.25, 0.3) is 11.1 Å². The summed E-state index contributed by atoms with van der Waals surface area (Å²) in [7, 11) is 0. The summed E-state index contributed by atoms with van der Waals surface area (Å²) in [5, 5.41) is 1.48. The zero-order chi connectivity index (χ0) is 25.7. The van der Waals surface area contributed by atoms with Gasteiger partial charge in [-0.15, -0.1) is 0 Å². The zero-order valence-electron chi connectivity index (χ0n) is 22.1. The molecule has 1 heterocycles. The molecular formula is C31H37N3O3. The molecule has 6 heteroatoms. The molecule has 2 unspecified atom stereocenters. The SMILES string of the molecule is CC(C)(C)OC(=O)N1C=C2CC(N(C(=O)c3ccc(-c4ccccc4C4CC4)cc3)C3CC3)CCC2N1. The Morgan fingerprint density at radius 2 is 1.62 bits per heavy atom. The minimum atomic E-state index is -0.543. The number of ether oxygens (including phenoxy) is 1. The molecule has 2 aromatic rings. The average molecular weight is 500 g/mol. The fourth-order valence-electron chi connectivity index (χ4n) is 5.81. The lowest BCUT2D eigenvalue weighted by Gasteiger charge is -2.37. The van der Waals surface area contributed by atoms with Gasteiger partial charge in [0.2, 0.25) is 0 Å². The Hall–Kier alpha value is -3.12. The number of amides is 2. The van der Waals surface area contributed by atoms with Crippen molar-refractivity contribution in [2.75, 3.05) is 0 Å². The minimum absolute atomic E-state index is 0.128. The van der Waals surface area contributed by atoms with Crippen molar-refractivity contribution in [2.45, 2.75) is 95.4 Å². The number of hydrogen-bond acceptors (Lipinski definition) is 4. The van der Waals surface area contributed by atoms with Gasteiger partial charge in [-0.1, -0.05) is 36.4 Å². The largest absolute Gasteiger partial charge is 0.442 e. The quantitative estimate of drug-likeness (QED) is 0.517. The molecule has 3 saturated carbocycles. The normalized spacial score (nSPS) is 23.3. The van der Waals surface area contributed by atoms with Crippen LogP contribution in [-0.2, 0) is 4.74 Å². The maximum atomic E-state index is 13.8. The molecule has 0 radical (unpaired) electrons. The summed E-state index contributed by atoms with van der Waals surface area (Å²) in [6.07, 6.45) is 8.78. The topological polar surface area (TPSA) is 61.9 Å². The van der Waals surface area contributed by atoms with Gasteiger partial charge in [-0.3, -0.25) is 4.79 Å². The molecule has 194 valence electrons. The Morgan fingerprint density at radius 3 is 2.30 bits per heavy atom. The van der Waals surface area contributed by atoms with E-state index in [1.807, 2.05) is 39.1 Å². The molecule has 0 bridgehead atoms. The lowest BCUT2D eigenvalue weighted by Crippen LogP contribution is -2.47. The Morgan fingerprint density at radius 1 is 0.919 bits per heavy atom. The van der Waals surface area contributed by atoms with Crippen molar-refractivity contribution in [3.63, 3.8) is 0 Å². The maximum absolute atomic E-state index is 13.8. The molecule has 0 spiro atoms. The first kappa shape index (κ1) is 24.2. The van der Waals surface area contributed by atoms with E-state index in [2.05, 4.69) is 46.7 Å². The van der Waals surface area contributed by atoms with Crippen LogP contribution < -0.4 is 5.43 Å². The highest BCUT2D eigenvalue weighted by atomic mass is 16.6. The van der Waals surface area contributed by atoms with Crippen molar-refractivity contribution < 1.29 is 14.3 Å². The van der Waals surface area contributed by atoms with Gasteiger partial charge >= 0.3 is 6.09 Å². The number of hydrazine groups is 1. The monoisotopic (exact) mass is 499 g/mol. The molecule has 2 amide bonds. The molecule has 3 fully saturated rings. The van der Waals surface area contributed by atoms with E-state index in [-0.39, 0.29) is 24.1 Å². The highest BCUT2D eigenvalue weighted by Crippen LogP contribution is 2.44. The van der Waals surface area contributed by atoms with Crippen molar-refractivity contribution in [1.82, 2.24) is 15.3 Å². The van der Waals surface area contributed by atoms with Gasteiger partial charge in [0.1, 0.15) is 5.60 Å². The first-order chi connectivity index (χ1) is 17.8. The molecule has 6 nitrogen and oxygen atoms in total. The molecule has 3 aliphatic carbocycles. The molecular weight excluding hydrogens is 462 g/mol. The van der Waals surface area contributed by atoms with E-state index in [9.17, 15) is 9.59 Å². The van der Waals surface area contributed by atoms with Gasteiger partial charge in [0.25, 0.3) is 5.91 Å². The molecule has 2 atom stereocenters. The second-order valence-electron chi connectivity index (χ2n) is 12.1. The summed E-state index contributed by atoms with van der Waals surface area (Å²) >= 11 is 0. The zero-order valence-corrected chi connectivity index (χ0v) is 22.1. The molecule has 4 aliphatic rings. The number of nitrogens with one attached hydrogen (secondary N) is 1. The number of fused-ring (bicyclic) bond motifs is 1. The summed E-state index contributed by atoms with van der Waals surface area (Å²) in [6, 6.07) is 17.5. The van der Waals surface area contributed by atoms with Gasteiger partial charge in [0.15, 0.2) is 0 Å². The van der Waals surface area contributed by atoms with Gasteiger partial charge in [-0.25, -0.2) is 15.2 Å². The minimum Gasteiger partial charge on any atom is -0.442 e. The third-order valence-corrected chi connectivity index (χ3v) is 7.88. The van der Waals surface area contributed by atoms with Gasteiger partial charge in [-0.05, 0) is 106 Å². The predicted molar refractivity (Wildman–Crippen MR) is 144 cm³/mol. The summed E-state index contributed by atoms with van der Waals surface area (Å²) in [4.78, 5) is 28.5. The van der Waals surface area contributed by atoms with Crippen LogP contribution >= 0.6 is 0 Å². The van der Waals surface area contributed by atoms with Crippen molar-refractivity contribution in [2.24, 2.45) is 0 Å². The van der Waals surface area contributed by atoms with Crippen LogP contribution in [0.15, 0.2) is 60.3 Å². The number of carbonyl (C=O) groups is 2. The average Bonchev–Trinajstić information content (AvgIpc) is 3.81. The fraction of sp³-hybridized carbons (Fsp3) is 0.484. The van der Waals surface area contributed by atoms with Crippen LogP contribution in [0.3, 0.4) is 0 Å². The van der Waals surface area contributed by atoms with Crippen LogP contribution in [0.2, 0.25) is 0 Å². The van der Waals surface area contributed by atoms with E-state index in [1.165, 1.54) is 40.1 Å². The first-order valence-electron chi connectivity index (χ1n) is 13.8. The number of nitrogens with zero attached hydrogens (tertiary/aromatic N) is 2. The van der Waals surface area contributed by atoms with Crippen molar-refractivity contribution in [3.05, 3.63) is 71.4 Å². The smallest absolute Gasteiger partial charge is 0.429 e. The number of hydrogen-bond donors (Lipinski definition) is 1. The highest BCUT2D eigenvalue weighted by molar-refractivity contribution is 5.95. The van der Waals surface area contributed by atoms with Crippen LogP contribution in [0.1, 0.15) is 87.6 Å². The van der Waals surface area contributed by atoms with Crippen molar-refractivity contribution in [3.8, 4) is 11.1 Å². The van der Waals surface area contributed by atoms with E-state index < -0.39 is 5.60 Å². The summed E-state index contributed by atoms with van der Waals surface area (Å²) < 4.78 is 5.53. The highest BCUT2D eigenvalue weighted by Gasteiger charge is 2.42. The summed E-state index contributed by atoms with van der Waals surface area (Å²) in [5.74, 6) is 0.812. The van der Waals surface area contributed by atoms with Crippen molar-refractivity contribution >= 4 is 12.0 Å². The van der Waals surface area contributed by atoms with E-state index in [1.54, 1.807) is 0 Å². The number of carbonyl (C=O) groups excluding carboxylic acids is 2. The molecule has 0 aromatic heterocycles. The third-order valence-electron chi connectivity index (χ3n) is 7.88. The molecule has 37 heavy (non-hydrogen) atoms. The number of benzene rings is 2. The van der Waals surface area contributed by atoms with Gasteiger partial charge < -0.3 is 9.64 Å². The van der Waals surface area contributed by atoms with E-state index >= 15 is 0 Å². The van der Waals surface area contributed by atoms with Crippen LogP contribution in [0.4, 0.5) is 4.79 Å². The van der Waals surface area contributed by atoms with Crippen molar-refractivity contribution in [1.29, 1.82) is 0 Å². The first-order valence-corrected chi connectivity index (χ1v) is 13.8. The van der Waals surface area contributed by atoms with Gasteiger partial charge in [0, 0.05) is 29.9 Å². The molecule has 1 aliphatic heterocycles. The molecule has 1 N–H and O–H groups in total. The standard InChI is InChI=1S/C31H37N3O3/c1-31(2,3)37-30(36)33-19-23-18-25(16-17-28(23)32-33)34(24-14-15-24)29(35)22-12-10-21(11-13-22)27-7-5-4-6-26(27)20-8-9-20/h4-7,10-13,19-20,24-25,28,32H,8-9,14-18H2,1-3H3. The lowest BCUT2D eigenvalue weighted by molar-refractivity contribution is 0.0254. The summed E-state index contributed by atoms with van der Waals surface area (Å²) in [6.45, 7) is 5.61. The van der Waals surface area contributed by atoms with E-state index in [0.29, 0.717) is 12.0 Å². The second kappa shape index (κ2) is 9.32. The number of rotatable bonds is 5. The third kappa shape index (κ3) is 5.17. The Balaban J connectivity index is 1.17. The molecule has 0 saturated heterocycles. The molecule has 2 aromatic carbocycles. The van der Waals surface area contributed by atoms with Gasteiger partial charge in [-0.2, -0.15) is 0 Å². The van der Waals surface area contributed by atoms with Crippen LogP contribution in [0, 0.1) is 0 Å². The second-order valence-corrected chi connectivity index (χ2v) is 12.1. The lowest BCUT2D eigenvalue weighted by atomic mass is 9.86.